The van der Waals surface area contributed by atoms with Gasteiger partial charge in [-0.2, -0.15) is 5.10 Å². The molecular weight excluding hydrogens is 242 g/mol. The maximum Gasteiger partial charge on any atom is 0.144 e. The molecule has 1 aromatic carbocycles. The molecule has 1 fully saturated rings. The van der Waals surface area contributed by atoms with Gasteiger partial charge in [-0.25, -0.2) is 0 Å². The molecule has 1 saturated carbocycles. The van der Waals surface area contributed by atoms with Crippen molar-refractivity contribution in [3.05, 3.63) is 18.3 Å². The molecule has 1 aromatic heterocycles. The van der Waals surface area contributed by atoms with Crippen molar-refractivity contribution in [1.29, 1.82) is 0 Å². The second-order valence-electron chi connectivity index (χ2n) is 5.22. The third kappa shape index (κ3) is 2.26. The van der Waals surface area contributed by atoms with E-state index < -0.39 is 0 Å². The second kappa shape index (κ2) is 4.74. The van der Waals surface area contributed by atoms with Gasteiger partial charge in [-0.05, 0) is 31.7 Å². The van der Waals surface area contributed by atoms with Crippen LogP contribution in [0.1, 0.15) is 31.7 Å². The third-order valence-corrected chi connectivity index (χ3v) is 3.91. The van der Waals surface area contributed by atoms with E-state index in [1.54, 1.807) is 7.11 Å². The Morgan fingerprint density at radius 1 is 1.32 bits per heavy atom. The molecule has 3 N–H and O–H groups in total. The number of hydrogen-bond donors (Lipinski definition) is 2. The van der Waals surface area contributed by atoms with E-state index >= 15 is 0 Å². The first-order chi connectivity index (χ1) is 9.17. The number of rotatable bonds is 2. The first-order valence-corrected chi connectivity index (χ1v) is 6.68. The van der Waals surface area contributed by atoms with Crippen molar-refractivity contribution in [3.8, 4) is 5.75 Å². The second-order valence-corrected chi connectivity index (χ2v) is 5.22. The average Bonchev–Trinajstić information content (AvgIpc) is 2.81. The average molecular weight is 261 g/mol. The molecule has 5 nitrogen and oxygen atoms in total. The number of aliphatic hydroxyl groups is 1. The molecule has 5 heteroatoms. The molecule has 0 bridgehead atoms. The molecule has 0 amide bonds. The Kier molecular flexibility index (Phi) is 3.06. The van der Waals surface area contributed by atoms with Crippen LogP contribution in [0.2, 0.25) is 0 Å². The standard InChI is InChI=1S/C14H19N3O2/c1-19-14-7-13-9(6-12(14)15)8-17(16-13)10-2-4-11(18)5-3-10/h6-8,10-11,18H,2-5,15H2,1H3. The van der Waals surface area contributed by atoms with Gasteiger partial charge < -0.3 is 15.6 Å². The topological polar surface area (TPSA) is 73.3 Å². The largest absolute Gasteiger partial charge is 0.495 e. The zero-order chi connectivity index (χ0) is 13.4. The summed E-state index contributed by atoms with van der Waals surface area (Å²) in [7, 11) is 1.61. The van der Waals surface area contributed by atoms with Gasteiger partial charge in [0.15, 0.2) is 0 Å². The minimum Gasteiger partial charge on any atom is -0.495 e. The van der Waals surface area contributed by atoms with Gasteiger partial charge in [-0.1, -0.05) is 0 Å². The highest BCUT2D eigenvalue weighted by Gasteiger charge is 2.21. The molecule has 0 radical (unpaired) electrons. The van der Waals surface area contributed by atoms with Crippen molar-refractivity contribution in [2.45, 2.75) is 37.8 Å². The summed E-state index contributed by atoms with van der Waals surface area (Å²) in [6, 6.07) is 4.15. The van der Waals surface area contributed by atoms with Crippen LogP contribution >= 0.6 is 0 Å². The third-order valence-electron chi connectivity index (χ3n) is 3.91. The van der Waals surface area contributed by atoms with Gasteiger partial charge >= 0.3 is 0 Å². The minimum absolute atomic E-state index is 0.142. The fourth-order valence-corrected chi connectivity index (χ4v) is 2.78. The molecule has 0 aliphatic heterocycles. The van der Waals surface area contributed by atoms with Crippen molar-refractivity contribution in [2.24, 2.45) is 0 Å². The molecule has 1 heterocycles. The quantitative estimate of drug-likeness (QED) is 0.812. The van der Waals surface area contributed by atoms with Gasteiger partial charge in [0, 0.05) is 17.6 Å². The number of aromatic nitrogens is 2. The number of hydrogen-bond acceptors (Lipinski definition) is 4. The lowest BCUT2D eigenvalue weighted by atomic mass is 9.93. The molecule has 0 unspecified atom stereocenters. The normalized spacial score (nSPS) is 23.7. The maximum absolute atomic E-state index is 9.56. The molecule has 2 aromatic rings. The van der Waals surface area contributed by atoms with Gasteiger partial charge in [0.2, 0.25) is 0 Å². The van der Waals surface area contributed by atoms with Gasteiger partial charge in [0.25, 0.3) is 0 Å². The highest BCUT2D eigenvalue weighted by molar-refractivity contribution is 5.84. The van der Waals surface area contributed by atoms with E-state index in [9.17, 15) is 5.11 Å². The van der Waals surface area contributed by atoms with Crippen LogP contribution in [0.15, 0.2) is 18.3 Å². The van der Waals surface area contributed by atoms with Gasteiger partial charge in [-0.3, -0.25) is 4.68 Å². The van der Waals surface area contributed by atoms with Crippen molar-refractivity contribution in [3.63, 3.8) is 0 Å². The number of methoxy groups -OCH3 is 1. The van der Waals surface area contributed by atoms with E-state index in [1.807, 2.05) is 23.0 Å². The SMILES string of the molecule is COc1cc2nn(C3CCC(O)CC3)cc2cc1N. The fraction of sp³-hybridized carbons (Fsp3) is 0.500. The molecule has 0 spiro atoms. The van der Waals surface area contributed by atoms with Crippen LogP contribution < -0.4 is 10.5 Å². The summed E-state index contributed by atoms with van der Waals surface area (Å²) in [6.07, 6.45) is 5.55. The van der Waals surface area contributed by atoms with Crippen LogP contribution in [0, 0.1) is 0 Å². The van der Waals surface area contributed by atoms with E-state index in [0.717, 1.165) is 36.6 Å². The lowest BCUT2D eigenvalue weighted by Crippen LogP contribution is -2.21. The minimum atomic E-state index is -0.142. The summed E-state index contributed by atoms with van der Waals surface area (Å²) in [5, 5.41) is 15.2. The zero-order valence-corrected chi connectivity index (χ0v) is 11.0. The fourth-order valence-electron chi connectivity index (χ4n) is 2.78. The van der Waals surface area contributed by atoms with Crippen molar-refractivity contribution < 1.29 is 9.84 Å². The smallest absolute Gasteiger partial charge is 0.144 e. The predicted molar refractivity (Wildman–Crippen MR) is 74.2 cm³/mol. The lowest BCUT2D eigenvalue weighted by molar-refractivity contribution is 0.108. The zero-order valence-electron chi connectivity index (χ0n) is 11.0. The summed E-state index contributed by atoms with van der Waals surface area (Å²) in [4.78, 5) is 0. The predicted octanol–water partition coefficient (Wildman–Crippen LogP) is 2.10. The van der Waals surface area contributed by atoms with E-state index in [-0.39, 0.29) is 6.10 Å². The van der Waals surface area contributed by atoms with Gasteiger partial charge in [0.05, 0.1) is 30.5 Å². The van der Waals surface area contributed by atoms with E-state index in [0.29, 0.717) is 17.5 Å². The number of aliphatic hydroxyl groups excluding tert-OH is 1. The summed E-state index contributed by atoms with van der Waals surface area (Å²) < 4.78 is 7.22. The summed E-state index contributed by atoms with van der Waals surface area (Å²) in [5.41, 5.74) is 7.44. The summed E-state index contributed by atoms with van der Waals surface area (Å²) in [6.45, 7) is 0. The number of fused-ring (bicyclic) bond motifs is 1. The van der Waals surface area contributed by atoms with E-state index in [1.165, 1.54) is 0 Å². The number of anilines is 1. The lowest BCUT2D eigenvalue weighted by Gasteiger charge is -2.25. The van der Waals surface area contributed by atoms with Gasteiger partial charge in [-0.15, -0.1) is 0 Å². The number of nitrogen functional groups attached to an aromatic ring is 1. The van der Waals surface area contributed by atoms with Crippen LogP contribution in [0.5, 0.6) is 5.75 Å². The molecule has 1 aliphatic rings. The Morgan fingerprint density at radius 2 is 2.05 bits per heavy atom. The van der Waals surface area contributed by atoms with Crippen LogP contribution in [-0.4, -0.2) is 28.1 Å². The highest BCUT2D eigenvalue weighted by Crippen LogP contribution is 2.31. The van der Waals surface area contributed by atoms with Crippen LogP contribution in [-0.2, 0) is 0 Å². The Hall–Kier alpha value is -1.75. The molecule has 102 valence electrons. The molecule has 19 heavy (non-hydrogen) atoms. The van der Waals surface area contributed by atoms with E-state index in [2.05, 4.69) is 5.10 Å². The number of nitrogens with zero attached hydrogens (tertiary/aromatic N) is 2. The van der Waals surface area contributed by atoms with Crippen LogP contribution in [0.4, 0.5) is 5.69 Å². The summed E-state index contributed by atoms with van der Waals surface area (Å²) in [5.74, 6) is 0.664. The van der Waals surface area contributed by atoms with Crippen molar-refractivity contribution in [1.82, 2.24) is 9.78 Å². The molecule has 0 saturated heterocycles. The Balaban J connectivity index is 1.93. The number of nitrogens with two attached hydrogens (primary N) is 1. The van der Waals surface area contributed by atoms with Crippen LogP contribution in [0.3, 0.4) is 0 Å². The number of ether oxygens (including phenoxy) is 1. The summed E-state index contributed by atoms with van der Waals surface area (Å²) >= 11 is 0. The van der Waals surface area contributed by atoms with Crippen molar-refractivity contribution in [2.75, 3.05) is 12.8 Å². The Bertz CT molecular complexity index is 586. The molecular formula is C14H19N3O2. The van der Waals surface area contributed by atoms with Crippen molar-refractivity contribution >= 4 is 16.6 Å². The highest BCUT2D eigenvalue weighted by atomic mass is 16.5. The maximum atomic E-state index is 9.56. The first kappa shape index (κ1) is 12.3. The van der Waals surface area contributed by atoms with E-state index in [4.69, 9.17) is 10.5 Å². The first-order valence-electron chi connectivity index (χ1n) is 6.68. The number of benzene rings is 1. The molecule has 3 rings (SSSR count). The monoisotopic (exact) mass is 261 g/mol. The van der Waals surface area contributed by atoms with Crippen LogP contribution in [0.25, 0.3) is 10.9 Å². The molecule has 1 aliphatic carbocycles. The Labute approximate surface area is 112 Å². The Morgan fingerprint density at radius 3 is 2.74 bits per heavy atom. The molecule has 0 atom stereocenters. The van der Waals surface area contributed by atoms with Gasteiger partial charge in [0.1, 0.15) is 5.75 Å².